The van der Waals surface area contributed by atoms with Crippen LogP contribution < -0.4 is 5.32 Å². The predicted molar refractivity (Wildman–Crippen MR) is 76.6 cm³/mol. The van der Waals surface area contributed by atoms with Crippen molar-refractivity contribution in [3.63, 3.8) is 0 Å². The average molecular weight is 281 g/mol. The SMILES string of the molecule is Cn1ncc2c1C(=O)NC[C@@H]2O[Si](C)(C)C(C)(C)C. The summed E-state index contributed by atoms with van der Waals surface area (Å²) in [4.78, 5) is 11.9. The molecule has 1 aliphatic rings. The Balaban J connectivity index is 2.29. The number of aryl methyl sites for hydroxylation is 1. The van der Waals surface area contributed by atoms with Gasteiger partial charge in [0, 0.05) is 19.2 Å². The molecule has 0 spiro atoms. The van der Waals surface area contributed by atoms with Gasteiger partial charge in [-0.2, -0.15) is 5.10 Å². The molecule has 1 aromatic heterocycles. The summed E-state index contributed by atoms with van der Waals surface area (Å²) in [5, 5.41) is 7.22. The fraction of sp³-hybridized carbons (Fsp3) is 0.692. The molecule has 19 heavy (non-hydrogen) atoms. The highest BCUT2D eigenvalue weighted by molar-refractivity contribution is 6.74. The van der Waals surface area contributed by atoms with Crippen molar-refractivity contribution in [3.05, 3.63) is 17.5 Å². The summed E-state index contributed by atoms with van der Waals surface area (Å²) in [7, 11) is -0.0770. The van der Waals surface area contributed by atoms with E-state index >= 15 is 0 Å². The number of carbonyl (C=O) groups excluding carboxylic acids is 1. The minimum absolute atomic E-state index is 0.0647. The molecule has 1 aliphatic heterocycles. The lowest BCUT2D eigenvalue weighted by atomic mass is 10.1. The van der Waals surface area contributed by atoms with Gasteiger partial charge in [-0.3, -0.25) is 9.48 Å². The van der Waals surface area contributed by atoms with Gasteiger partial charge in [0.25, 0.3) is 5.91 Å². The number of nitrogens with one attached hydrogen (secondary N) is 1. The Kier molecular flexibility index (Phi) is 3.34. The van der Waals surface area contributed by atoms with E-state index in [1.54, 1.807) is 17.9 Å². The number of hydrogen-bond donors (Lipinski definition) is 1. The van der Waals surface area contributed by atoms with Gasteiger partial charge < -0.3 is 9.74 Å². The summed E-state index contributed by atoms with van der Waals surface area (Å²) in [6.45, 7) is 11.6. The summed E-state index contributed by atoms with van der Waals surface area (Å²) in [6.07, 6.45) is 1.67. The summed E-state index contributed by atoms with van der Waals surface area (Å²) >= 11 is 0. The molecule has 1 aromatic rings. The van der Waals surface area contributed by atoms with E-state index in [4.69, 9.17) is 4.43 Å². The number of fused-ring (bicyclic) bond motifs is 1. The number of nitrogens with zero attached hydrogens (tertiary/aromatic N) is 2. The second-order valence-corrected chi connectivity index (χ2v) is 11.4. The van der Waals surface area contributed by atoms with Crippen molar-refractivity contribution in [2.75, 3.05) is 6.54 Å². The first-order valence-corrected chi connectivity index (χ1v) is 9.52. The Morgan fingerprint density at radius 2 is 2.11 bits per heavy atom. The molecule has 6 heteroatoms. The average Bonchev–Trinajstić information content (AvgIpc) is 2.64. The molecule has 1 atom stereocenters. The van der Waals surface area contributed by atoms with Crippen molar-refractivity contribution in [2.24, 2.45) is 7.05 Å². The first kappa shape index (κ1) is 14.3. The first-order valence-electron chi connectivity index (χ1n) is 6.61. The van der Waals surface area contributed by atoms with Crippen LogP contribution in [0.4, 0.5) is 0 Å². The van der Waals surface area contributed by atoms with Crippen LogP contribution in [-0.4, -0.2) is 30.5 Å². The molecule has 0 aromatic carbocycles. The quantitative estimate of drug-likeness (QED) is 0.846. The van der Waals surface area contributed by atoms with Crippen LogP contribution in [0.2, 0.25) is 18.1 Å². The van der Waals surface area contributed by atoms with Crippen LogP contribution in [0.1, 0.15) is 42.9 Å². The van der Waals surface area contributed by atoms with Gasteiger partial charge in [0.1, 0.15) is 5.69 Å². The van der Waals surface area contributed by atoms with E-state index in [0.717, 1.165) is 5.56 Å². The smallest absolute Gasteiger partial charge is 0.270 e. The van der Waals surface area contributed by atoms with Crippen LogP contribution >= 0.6 is 0 Å². The third-order valence-electron chi connectivity index (χ3n) is 4.22. The van der Waals surface area contributed by atoms with E-state index < -0.39 is 8.32 Å². The zero-order chi connectivity index (χ0) is 14.4. The maximum absolute atomic E-state index is 11.9. The van der Waals surface area contributed by atoms with Gasteiger partial charge in [0.05, 0.1) is 12.3 Å². The Bertz CT molecular complexity index is 502. The molecule has 2 heterocycles. The van der Waals surface area contributed by atoms with Crippen molar-refractivity contribution in [2.45, 2.75) is 45.0 Å². The standard InChI is InChI=1S/C13H23N3O2Si/c1-13(2,3)19(5,6)18-10-8-14-12(17)11-9(10)7-15-16(11)4/h7,10H,8H2,1-6H3,(H,14,17)/t10-/m0/s1. The van der Waals surface area contributed by atoms with Crippen LogP contribution in [0.5, 0.6) is 0 Å². The highest BCUT2D eigenvalue weighted by atomic mass is 28.4. The molecule has 2 rings (SSSR count). The molecule has 0 aliphatic carbocycles. The summed E-state index contributed by atoms with van der Waals surface area (Å²) in [6, 6.07) is 0. The molecule has 0 saturated heterocycles. The number of amides is 1. The maximum atomic E-state index is 11.9. The molecule has 0 radical (unpaired) electrons. The number of hydrogen-bond acceptors (Lipinski definition) is 3. The lowest BCUT2D eigenvalue weighted by Gasteiger charge is -2.40. The second-order valence-electron chi connectivity index (χ2n) is 6.65. The Morgan fingerprint density at radius 1 is 1.47 bits per heavy atom. The molecule has 0 saturated carbocycles. The van der Waals surface area contributed by atoms with E-state index in [9.17, 15) is 4.79 Å². The van der Waals surface area contributed by atoms with Gasteiger partial charge in [0.15, 0.2) is 8.32 Å². The van der Waals surface area contributed by atoms with Gasteiger partial charge in [-0.25, -0.2) is 0 Å². The normalized spacial score (nSPS) is 20.1. The predicted octanol–water partition coefficient (Wildman–Crippen LogP) is 2.23. The van der Waals surface area contributed by atoms with Gasteiger partial charge in [0.2, 0.25) is 0 Å². The van der Waals surface area contributed by atoms with Crippen molar-refractivity contribution in [1.29, 1.82) is 0 Å². The largest absolute Gasteiger partial charge is 0.408 e. The van der Waals surface area contributed by atoms with Crippen LogP contribution in [0.25, 0.3) is 0 Å². The van der Waals surface area contributed by atoms with E-state index in [2.05, 4.69) is 44.3 Å². The topological polar surface area (TPSA) is 56.2 Å². The summed E-state index contributed by atoms with van der Waals surface area (Å²) in [5.41, 5.74) is 1.53. The fourth-order valence-electron chi connectivity index (χ4n) is 1.98. The van der Waals surface area contributed by atoms with Crippen LogP contribution in [-0.2, 0) is 11.5 Å². The number of carbonyl (C=O) groups is 1. The van der Waals surface area contributed by atoms with Crippen molar-refractivity contribution in [3.8, 4) is 0 Å². The first-order chi connectivity index (χ1) is 8.63. The van der Waals surface area contributed by atoms with Gasteiger partial charge in [-0.05, 0) is 18.1 Å². The monoisotopic (exact) mass is 281 g/mol. The molecular weight excluding hydrogens is 258 g/mol. The minimum atomic E-state index is -1.86. The summed E-state index contributed by atoms with van der Waals surface area (Å²) in [5.74, 6) is -0.0647. The van der Waals surface area contributed by atoms with Gasteiger partial charge in [-0.15, -0.1) is 0 Å². The fourth-order valence-corrected chi connectivity index (χ4v) is 3.26. The maximum Gasteiger partial charge on any atom is 0.270 e. The third-order valence-corrected chi connectivity index (χ3v) is 8.71. The lowest BCUT2D eigenvalue weighted by Crippen LogP contribution is -2.46. The van der Waals surface area contributed by atoms with E-state index in [1.165, 1.54) is 0 Å². The lowest BCUT2D eigenvalue weighted by molar-refractivity contribution is 0.0874. The zero-order valence-electron chi connectivity index (χ0n) is 12.6. The van der Waals surface area contributed by atoms with Crippen LogP contribution in [0.3, 0.4) is 0 Å². The molecule has 0 fully saturated rings. The van der Waals surface area contributed by atoms with E-state index in [-0.39, 0.29) is 17.0 Å². The molecule has 0 unspecified atom stereocenters. The van der Waals surface area contributed by atoms with E-state index in [1.807, 2.05) is 0 Å². The molecule has 1 amide bonds. The third kappa shape index (κ3) is 2.46. The zero-order valence-corrected chi connectivity index (χ0v) is 13.6. The highest BCUT2D eigenvalue weighted by Crippen LogP contribution is 2.40. The number of aromatic nitrogens is 2. The van der Waals surface area contributed by atoms with Crippen molar-refractivity contribution >= 4 is 14.2 Å². The van der Waals surface area contributed by atoms with Crippen molar-refractivity contribution < 1.29 is 9.22 Å². The second kappa shape index (κ2) is 4.45. The molecule has 0 bridgehead atoms. The van der Waals surface area contributed by atoms with Crippen molar-refractivity contribution in [1.82, 2.24) is 15.1 Å². The van der Waals surface area contributed by atoms with Gasteiger partial charge >= 0.3 is 0 Å². The Labute approximate surface area is 115 Å². The Morgan fingerprint density at radius 3 is 2.68 bits per heavy atom. The highest BCUT2D eigenvalue weighted by Gasteiger charge is 2.41. The molecule has 106 valence electrons. The minimum Gasteiger partial charge on any atom is -0.408 e. The Hall–Kier alpha value is -1.14. The molecule has 5 nitrogen and oxygen atoms in total. The summed E-state index contributed by atoms with van der Waals surface area (Å²) < 4.78 is 8.02. The number of rotatable bonds is 2. The van der Waals surface area contributed by atoms with Crippen LogP contribution in [0, 0.1) is 0 Å². The van der Waals surface area contributed by atoms with E-state index in [0.29, 0.717) is 12.2 Å². The molecule has 1 N–H and O–H groups in total. The van der Waals surface area contributed by atoms with Gasteiger partial charge in [-0.1, -0.05) is 20.8 Å². The molecular formula is C13H23N3O2Si. The van der Waals surface area contributed by atoms with Crippen LogP contribution in [0.15, 0.2) is 6.20 Å².